The lowest BCUT2D eigenvalue weighted by molar-refractivity contribution is 0.0818. The second-order valence-corrected chi connectivity index (χ2v) is 15.0. The summed E-state index contributed by atoms with van der Waals surface area (Å²) in [5.74, 6) is -0.576. The fourth-order valence-corrected chi connectivity index (χ4v) is 4.09. The molecule has 0 aliphatic carbocycles. The summed E-state index contributed by atoms with van der Waals surface area (Å²) in [7, 11) is -1.18. The zero-order valence-electron chi connectivity index (χ0n) is 17.6. The van der Waals surface area contributed by atoms with Gasteiger partial charge in [-0.25, -0.2) is 9.67 Å². The highest BCUT2D eigenvalue weighted by Crippen LogP contribution is 2.30. The molecule has 0 fully saturated rings. The molecular weight excluding hydrogens is 477 g/mol. The van der Waals surface area contributed by atoms with Gasteiger partial charge >= 0.3 is 0 Å². The highest BCUT2D eigenvalue weighted by Gasteiger charge is 2.18. The number of hydrogen-bond donors (Lipinski definition) is 0. The normalized spacial score (nSPS) is 11.9. The van der Waals surface area contributed by atoms with Crippen LogP contribution in [-0.2, 0) is 11.5 Å². The number of ether oxygens (including phenoxy) is 1. The van der Waals surface area contributed by atoms with Gasteiger partial charge in [-0.2, -0.15) is 9.49 Å². The average molecular weight is 500 g/mol. The van der Waals surface area contributed by atoms with E-state index in [1.165, 1.54) is 0 Å². The van der Waals surface area contributed by atoms with E-state index in [4.69, 9.17) is 9.84 Å². The Morgan fingerprint density at radius 3 is 2.68 bits per heavy atom. The molecule has 4 aromatic rings. The van der Waals surface area contributed by atoms with Crippen molar-refractivity contribution >= 4 is 34.9 Å². The molecule has 0 saturated carbocycles. The van der Waals surface area contributed by atoms with E-state index in [-0.39, 0.29) is 0 Å². The van der Waals surface area contributed by atoms with Crippen molar-refractivity contribution in [2.45, 2.75) is 32.4 Å². The van der Waals surface area contributed by atoms with Gasteiger partial charge in [0, 0.05) is 38.0 Å². The van der Waals surface area contributed by atoms with Crippen LogP contribution in [0.2, 0.25) is 25.7 Å². The summed E-state index contributed by atoms with van der Waals surface area (Å²) in [6.07, 6.45) is 5.25. The van der Waals surface area contributed by atoms with Crippen LogP contribution in [0, 0.1) is 5.95 Å². The largest absolute Gasteiger partial charge is 0.360 e. The molecule has 0 aromatic carbocycles. The molecule has 4 rings (SSSR count). The number of aromatic nitrogens is 5. The maximum absolute atomic E-state index is 14.1. The van der Waals surface area contributed by atoms with Crippen molar-refractivity contribution in [3.63, 3.8) is 0 Å². The molecule has 0 aliphatic heterocycles. The van der Waals surface area contributed by atoms with Crippen molar-refractivity contribution in [3.8, 4) is 22.6 Å². The number of nitrogens with zero attached hydrogens (tertiary/aromatic N) is 5. The summed E-state index contributed by atoms with van der Waals surface area (Å²) < 4.78 is 22.1. The molecule has 9 heteroatoms. The standard InChI is InChI=1S/C22H23BrFN5OSi/c1-31(2,3)10-9-30-14-29-20-13-26-19(15-5-4-8-25-12-15)11-16(20)21(28-29)18-7-6-17(23)22(24)27-18/h4-8,11-13H,9-10,14H2,1-3H3. The molecule has 0 amide bonds. The Labute approximate surface area is 189 Å². The molecule has 160 valence electrons. The summed E-state index contributed by atoms with van der Waals surface area (Å²) >= 11 is 3.16. The Balaban J connectivity index is 1.75. The van der Waals surface area contributed by atoms with Crippen molar-refractivity contribution in [1.82, 2.24) is 24.7 Å². The van der Waals surface area contributed by atoms with Gasteiger partial charge in [0.2, 0.25) is 5.95 Å². The van der Waals surface area contributed by atoms with Crippen molar-refractivity contribution < 1.29 is 9.13 Å². The quantitative estimate of drug-likeness (QED) is 0.183. The van der Waals surface area contributed by atoms with Gasteiger partial charge in [-0.3, -0.25) is 9.97 Å². The summed E-state index contributed by atoms with van der Waals surface area (Å²) in [6, 6.07) is 10.2. The molecule has 0 aliphatic rings. The number of hydrogen-bond acceptors (Lipinski definition) is 5. The summed E-state index contributed by atoms with van der Waals surface area (Å²) in [4.78, 5) is 12.8. The second-order valence-electron chi connectivity index (χ2n) is 8.49. The summed E-state index contributed by atoms with van der Waals surface area (Å²) in [5.41, 5.74) is 3.50. The maximum Gasteiger partial charge on any atom is 0.227 e. The van der Waals surface area contributed by atoms with E-state index in [0.717, 1.165) is 28.2 Å². The van der Waals surface area contributed by atoms with E-state index in [2.05, 4.69) is 50.5 Å². The van der Waals surface area contributed by atoms with E-state index >= 15 is 0 Å². The lowest BCUT2D eigenvalue weighted by Gasteiger charge is -2.15. The maximum atomic E-state index is 14.1. The minimum absolute atomic E-state index is 0.300. The third-order valence-corrected chi connectivity index (χ3v) is 7.15. The van der Waals surface area contributed by atoms with Crippen molar-refractivity contribution in [2.75, 3.05) is 6.61 Å². The van der Waals surface area contributed by atoms with Crippen molar-refractivity contribution in [2.24, 2.45) is 0 Å². The zero-order chi connectivity index (χ0) is 22.0. The van der Waals surface area contributed by atoms with Gasteiger partial charge in [0.1, 0.15) is 12.4 Å². The SMILES string of the molecule is C[Si](C)(C)CCOCn1nc(-c2ccc(Br)c(F)n2)c2cc(-c3cccnc3)ncc21. The molecule has 4 aromatic heterocycles. The van der Waals surface area contributed by atoms with Gasteiger partial charge in [-0.05, 0) is 52.3 Å². The molecule has 0 bridgehead atoms. The molecule has 6 nitrogen and oxygen atoms in total. The highest BCUT2D eigenvalue weighted by atomic mass is 79.9. The first-order valence-corrected chi connectivity index (χ1v) is 14.5. The Kier molecular flexibility index (Phi) is 6.26. The third kappa shape index (κ3) is 5.05. The molecule has 0 radical (unpaired) electrons. The van der Waals surface area contributed by atoms with Gasteiger partial charge in [0.15, 0.2) is 0 Å². The summed E-state index contributed by atoms with van der Waals surface area (Å²) in [5, 5.41) is 5.53. The number of rotatable bonds is 7. The molecule has 0 saturated heterocycles. The van der Waals surface area contributed by atoms with E-state index < -0.39 is 14.0 Å². The first-order valence-electron chi connectivity index (χ1n) is 9.99. The molecular formula is C22H23BrFN5OSi. The Hall–Kier alpha value is -2.49. The van der Waals surface area contributed by atoms with Gasteiger partial charge in [-0.1, -0.05) is 19.6 Å². The summed E-state index contributed by atoms with van der Waals surface area (Å²) in [6.45, 7) is 7.92. The molecule has 0 atom stereocenters. The van der Waals surface area contributed by atoms with Crippen LogP contribution >= 0.6 is 15.9 Å². The fourth-order valence-electron chi connectivity index (χ4n) is 3.11. The predicted octanol–water partition coefficient (Wildman–Crippen LogP) is 5.77. The van der Waals surface area contributed by atoms with Crippen molar-refractivity contribution in [3.05, 3.63) is 59.3 Å². The van der Waals surface area contributed by atoms with E-state index in [9.17, 15) is 4.39 Å². The van der Waals surface area contributed by atoms with Crippen LogP contribution in [-0.4, -0.2) is 39.4 Å². The second kappa shape index (κ2) is 8.94. The number of halogens is 2. The molecule has 31 heavy (non-hydrogen) atoms. The number of fused-ring (bicyclic) bond motifs is 1. The monoisotopic (exact) mass is 499 g/mol. The predicted molar refractivity (Wildman–Crippen MR) is 126 cm³/mol. The number of pyridine rings is 3. The lowest BCUT2D eigenvalue weighted by Crippen LogP contribution is -2.22. The van der Waals surface area contributed by atoms with Crippen LogP contribution in [0.1, 0.15) is 0 Å². The first-order chi connectivity index (χ1) is 14.8. The zero-order valence-corrected chi connectivity index (χ0v) is 20.2. The van der Waals surface area contributed by atoms with Crippen LogP contribution in [0.15, 0.2) is 53.4 Å². The van der Waals surface area contributed by atoms with Crippen LogP contribution in [0.5, 0.6) is 0 Å². The first kappa shape index (κ1) is 21.7. The van der Waals surface area contributed by atoms with Gasteiger partial charge in [0.25, 0.3) is 0 Å². The van der Waals surface area contributed by atoms with Gasteiger partial charge in [0.05, 0.1) is 27.6 Å². The van der Waals surface area contributed by atoms with Crippen LogP contribution < -0.4 is 0 Å². The van der Waals surface area contributed by atoms with Crippen molar-refractivity contribution in [1.29, 1.82) is 0 Å². The van der Waals surface area contributed by atoms with Crippen LogP contribution in [0.3, 0.4) is 0 Å². The Morgan fingerprint density at radius 1 is 1.13 bits per heavy atom. The lowest BCUT2D eigenvalue weighted by atomic mass is 10.1. The topological polar surface area (TPSA) is 65.7 Å². The van der Waals surface area contributed by atoms with Gasteiger partial charge in [-0.15, -0.1) is 0 Å². The highest BCUT2D eigenvalue weighted by molar-refractivity contribution is 9.10. The molecule has 0 spiro atoms. The Morgan fingerprint density at radius 2 is 1.97 bits per heavy atom. The molecule has 0 N–H and O–H groups in total. The van der Waals surface area contributed by atoms with Crippen LogP contribution in [0.4, 0.5) is 4.39 Å². The average Bonchev–Trinajstić information content (AvgIpc) is 3.11. The fraction of sp³-hybridized carbons (Fsp3) is 0.273. The third-order valence-electron chi connectivity index (χ3n) is 4.85. The minimum atomic E-state index is -1.18. The van der Waals surface area contributed by atoms with E-state index in [0.29, 0.717) is 29.2 Å². The van der Waals surface area contributed by atoms with Gasteiger partial charge < -0.3 is 4.74 Å². The van der Waals surface area contributed by atoms with E-state index in [1.807, 2.05) is 18.2 Å². The molecule has 4 heterocycles. The smallest absolute Gasteiger partial charge is 0.227 e. The van der Waals surface area contributed by atoms with E-state index in [1.54, 1.807) is 35.4 Å². The molecule has 0 unspecified atom stereocenters. The minimum Gasteiger partial charge on any atom is -0.360 e. The Bertz CT molecular complexity index is 1210. The van der Waals surface area contributed by atoms with Crippen LogP contribution in [0.25, 0.3) is 33.5 Å².